The van der Waals surface area contributed by atoms with E-state index >= 15 is 0 Å². The molecule has 1 aromatic carbocycles. The Labute approximate surface area is 97.3 Å². The molecule has 0 spiro atoms. The van der Waals surface area contributed by atoms with Crippen molar-refractivity contribution in [1.82, 2.24) is 0 Å². The first-order valence-corrected chi connectivity index (χ1v) is 5.30. The Morgan fingerprint density at radius 2 is 1.88 bits per heavy atom. The van der Waals surface area contributed by atoms with E-state index < -0.39 is 11.8 Å². The van der Waals surface area contributed by atoms with Gasteiger partial charge in [-0.15, -0.1) is 0 Å². The second kappa shape index (κ2) is 4.22. The first kappa shape index (κ1) is 12.2. The minimum absolute atomic E-state index is 0.0303. The quantitative estimate of drug-likeness (QED) is 0.816. The molecule has 1 unspecified atom stereocenters. The van der Waals surface area contributed by atoms with Gasteiger partial charge in [0.2, 0.25) is 0 Å². The molecule has 2 rings (SSSR count). The first-order chi connectivity index (χ1) is 7.97. The topological polar surface area (TPSA) is 18.5 Å². The normalized spacial score (nSPS) is 24.2. The third-order valence-electron chi connectivity index (χ3n) is 3.05. The van der Waals surface area contributed by atoms with Gasteiger partial charge in [0.1, 0.15) is 5.75 Å². The molecule has 0 radical (unpaired) electrons. The predicted molar refractivity (Wildman–Crippen MR) is 56.1 cm³/mol. The van der Waals surface area contributed by atoms with Crippen molar-refractivity contribution in [2.75, 3.05) is 13.7 Å². The van der Waals surface area contributed by atoms with Crippen LogP contribution in [0.25, 0.3) is 0 Å². The summed E-state index contributed by atoms with van der Waals surface area (Å²) >= 11 is 0. The Balaban J connectivity index is 2.13. The third-order valence-corrected chi connectivity index (χ3v) is 3.05. The SMILES string of the molecule is COc1ccc(CC2(C(F)(F)F)CCO2)cc1. The summed E-state index contributed by atoms with van der Waals surface area (Å²) in [5.74, 6) is 0.629. The van der Waals surface area contributed by atoms with Crippen molar-refractivity contribution in [2.45, 2.75) is 24.6 Å². The van der Waals surface area contributed by atoms with Gasteiger partial charge in [0.25, 0.3) is 0 Å². The van der Waals surface area contributed by atoms with Crippen molar-refractivity contribution in [2.24, 2.45) is 0 Å². The van der Waals surface area contributed by atoms with Crippen molar-refractivity contribution in [3.8, 4) is 5.75 Å². The van der Waals surface area contributed by atoms with E-state index in [2.05, 4.69) is 0 Å². The zero-order valence-corrected chi connectivity index (χ0v) is 9.38. The minimum atomic E-state index is -4.31. The molecule has 0 aliphatic carbocycles. The number of halogens is 3. The highest BCUT2D eigenvalue weighted by atomic mass is 19.4. The van der Waals surface area contributed by atoms with E-state index in [9.17, 15) is 13.2 Å². The number of ether oxygens (including phenoxy) is 2. The molecule has 17 heavy (non-hydrogen) atoms. The number of benzene rings is 1. The lowest BCUT2D eigenvalue weighted by atomic mass is 9.87. The summed E-state index contributed by atoms with van der Waals surface area (Å²) in [4.78, 5) is 0. The van der Waals surface area contributed by atoms with Crippen LogP contribution in [-0.4, -0.2) is 25.5 Å². The van der Waals surface area contributed by atoms with Crippen LogP contribution < -0.4 is 4.74 Å². The largest absolute Gasteiger partial charge is 0.497 e. The molecule has 2 nitrogen and oxygen atoms in total. The van der Waals surface area contributed by atoms with E-state index in [0.29, 0.717) is 11.3 Å². The molecule has 0 saturated carbocycles. The molecule has 1 aliphatic heterocycles. The molecule has 1 aliphatic rings. The fraction of sp³-hybridized carbons (Fsp3) is 0.500. The highest BCUT2D eigenvalue weighted by Gasteiger charge is 2.59. The van der Waals surface area contributed by atoms with E-state index in [4.69, 9.17) is 9.47 Å². The molecular formula is C12H13F3O2. The van der Waals surface area contributed by atoms with Gasteiger partial charge in [-0.2, -0.15) is 13.2 Å². The van der Waals surface area contributed by atoms with Gasteiger partial charge in [0, 0.05) is 12.8 Å². The Morgan fingerprint density at radius 1 is 1.29 bits per heavy atom. The zero-order chi connectivity index (χ0) is 12.5. The van der Waals surface area contributed by atoms with Gasteiger partial charge in [-0.1, -0.05) is 12.1 Å². The average molecular weight is 246 g/mol. The Bertz CT molecular complexity index is 380. The van der Waals surface area contributed by atoms with Crippen LogP contribution in [0.15, 0.2) is 24.3 Å². The number of hydrogen-bond donors (Lipinski definition) is 0. The number of methoxy groups -OCH3 is 1. The van der Waals surface area contributed by atoms with Crippen LogP contribution in [0.4, 0.5) is 13.2 Å². The molecule has 1 aromatic rings. The van der Waals surface area contributed by atoms with Crippen LogP contribution in [-0.2, 0) is 11.2 Å². The maximum absolute atomic E-state index is 12.8. The standard InChI is InChI=1S/C12H13F3O2/c1-16-10-4-2-9(3-5-10)8-11(6-7-17-11)12(13,14)15/h2-5H,6-8H2,1H3. The minimum Gasteiger partial charge on any atom is -0.497 e. The second-order valence-electron chi connectivity index (χ2n) is 4.12. The summed E-state index contributed by atoms with van der Waals surface area (Å²) < 4.78 is 48.3. The van der Waals surface area contributed by atoms with E-state index in [1.165, 1.54) is 7.11 Å². The first-order valence-electron chi connectivity index (χ1n) is 5.30. The van der Waals surface area contributed by atoms with Crippen molar-refractivity contribution >= 4 is 0 Å². The summed E-state index contributed by atoms with van der Waals surface area (Å²) in [5, 5.41) is 0. The van der Waals surface area contributed by atoms with E-state index in [1.807, 2.05) is 0 Å². The molecule has 1 atom stereocenters. The molecule has 1 heterocycles. The average Bonchev–Trinajstić information content (AvgIpc) is 2.22. The van der Waals surface area contributed by atoms with E-state index in [0.717, 1.165) is 0 Å². The smallest absolute Gasteiger partial charge is 0.417 e. The molecule has 0 N–H and O–H groups in total. The van der Waals surface area contributed by atoms with Gasteiger partial charge < -0.3 is 9.47 Å². The molecule has 5 heteroatoms. The van der Waals surface area contributed by atoms with E-state index in [1.54, 1.807) is 24.3 Å². The van der Waals surface area contributed by atoms with Crippen LogP contribution in [0.2, 0.25) is 0 Å². The Hall–Kier alpha value is -1.23. The van der Waals surface area contributed by atoms with Crippen molar-refractivity contribution in [3.05, 3.63) is 29.8 Å². The molecule has 1 fully saturated rings. The molecule has 0 amide bonds. The number of alkyl halides is 3. The van der Waals surface area contributed by atoms with Crippen LogP contribution >= 0.6 is 0 Å². The molecular weight excluding hydrogens is 233 g/mol. The Morgan fingerprint density at radius 3 is 2.24 bits per heavy atom. The summed E-state index contributed by atoms with van der Waals surface area (Å²) in [6, 6.07) is 6.57. The van der Waals surface area contributed by atoms with Gasteiger partial charge >= 0.3 is 6.18 Å². The van der Waals surface area contributed by atoms with Gasteiger partial charge in [-0.3, -0.25) is 0 Å². The lowest BCUT2D eigenvalue weighted by Crippen LogP contribution is -2.57. The van der Waals surface area contributed by atoms with Crippen LogP contribution in [0.5, 0.6) is 5.75 Å². The lowest BCUT2D eigenvalue weighted by molar-refractivity contribution is -0.324. The van der Waals surface area contributed by atoms with Gasteiger partial charge in [0.15, 0.2) is 5.60 Å². The third kappa shape index (κ3) is 2.24. The van der Waals surface area contributed by atoms with Crippen LogP contribution in [0, 0.1) is 0 Å². The van der Waals surface area contributed by atoms with Crippen molar-refractivity contribution in [3.63, 3.8) is 0 Å². The summed E-state index contributed by atoms with van der Waals surface area (Å²) in [6.45, 7) is 0.176. The van der Waals surface area contributed by atoms with Gasteiger partial charge in [-0.05, 0) is 17.7 Å². The fourth-order valence-corrected chi connectivity index (χ4v) is 1.88. The summed E-state index contributed by atoms with van der Waals surface area (Å²) in [5.41, 5.74) is -1.38. The van der Waals surface area contributed by atoms with Crippen LogP contribution in [0.1, 0.15) is 12.0 Å². The maximum Gasteiger partial charge on any atom is 0.417 e. The predicted octanol–water partition coefficient (Wildman–Crippen LogP) is 2.96. The van der Waals surface area contributed by atoms with Crippen LogP contribution in [0.3, 0.4) is 0 Å². The van der Waals surface area contributed by atoms with Gasteiger partial charge in [-0.25, -0.2) is 0 Å². The molecule has 0 aromatic heterocycles. The monoisotopic (exact) mass is 246 g/mol. The molecule has 0 bridgehead atoms. The second-order valence-corrected chi connectivity index (χ2v) is 4.12. The van der Waals surface area contributed by atoms with Crippen molar-refractivity contribution < 1.29 is 22.6 Å². The highest BCUT2D eigenvalue weighted by molar-refractivity contribution is 5.28. The molecule has 94 valence electrons. The summed E-state index contributed by atoms with van der Waals surface area (Å²) in [7, 11) is 1.52. The number of rotatable bonds is 3. The fourth-order valence-electron chi connectivity index (χ4n) is 1.88. The van der Waals surface area contributed by atoms with E-state index in [-0.39, 0.29) is 19.4 Å². The Kier molecular flexibility index (Phi) is 3.03. The highest BCUT2D eigenvalue weighted by Crippen LogP contribution is 2.44. The number of hydrogen-bond acceptors (Lipinski definition) is 2. The maximum atomic E-state index is 12.8. The zero-order valence-electron chi connectivity index (χ0n) is 9.38. The molecule has 1 saturated heterocycles. The lowest BCUT2D eigenvalue weighted by Gasteiger charge is -2.43. The van der Waals surface area contributed by atoms with Crippen molar-refractivity contribution in [1.29, 1.82) is 0 Å². The van der Waals surface area contributed by atoms with Gasteiger partial charge in [0.05, 0.1) is 13.7 Å². The summed E-state index contributed by atoms with van der Waals surface area (Å²) in [6.07, 6.45) is -4.42.